The first kappa shape index (κ1) is 16.7. The molecule has 122 valence electrons. The molecule has 0 aliphatic carbocycles. The van der Waals surface area contributed by atoms with E-state index < -0.39 is 11.4 Å². The molecule has 6 nitrogen and oxygen atoms in total. The molecular weight excluding hydrogens is 294 g/mol. The fourth-order valence-electron chi connectivity index (χ4n) is 2.23. The first-order valence-electron chi connectivity index (χ1n) is 7.42. The van der Waals surface area contributed by atoms with Crippen molar-refractivity contribution in [3.63, 3.8) is 0 Å². The van der Waals surface area contributed by atoms with Gasteiger partial charge in [0.15, 0.2) is 0 Å². The zero-order valence-electron chi connectivity index (χ0n) is 13.5. The van der Waals surface area contributed by atoms with Gasteiger partial charge in [0.05, 0.1) is 22.9 Å². The SMILES string of the molecule is Cn1ncc(C(=O)NCCC(C)(C)C(=O)O)c1-c1ccccc1. The van der Waals surface area contributed by atoms with Crippen molar-refractivity contribution >= 4 is 11.9 Å². The Hall–Kier alpha value is -2.63. The van der Waals surface area contributed by atoms with E-state index in [4.69, 9.17) is 5.11 Å². The van der Waals surface area contributed by atoms with Crippen LogP contribution in [0.5, 0.6) is 0 Å². The summed E-state index contributed by atoms with van der Waals surface area (Å²) in [6, 6.07) is 9.55. The van der Waals surface area contributed by atoms with E-state index >= 15 is 0 Å². The van der Waals surface area contributed by atoms with E-state index in [2.05, 4.69) is 10.4 Å². The van der Waals surface area contributed by atoms with E-state index in [-0.39, 0.29) is 5.91 Å². The van der Waals surface area contributed by atoms with Crippen molar-refractivity contribution in [3.8, 4) is 11.3 Å². The number of amides is 1. The van der Waals surface area contributed by atoms with E-state index in [1.807, 2.05) is 30.3 Å². The number of nitrogens with one attached hydrogen (secondary N) is 1. The highest BCUT2D eigenvalue weighted by Gasteiger charge is 2.27. The van der Waals surface area contributed by atoms with E-state index in [1.165, 1.54) is 6.20 Å². The molecule has 2 rings (SSSR count). The highest BCUT2D eigenvalue weighted by atomic mass is 16.4. The first-order chi connectivity index (χ1) is 10.8. The van der Waals surface area contributed by atoms with Crippen LogP contribution in [-0.4, -0.2) is 33.3 Å². The Morgan fingerprint density at radius 3 is 2.52 bits per heavy atom. The van der Waals surface area contributed by atoms with E-state index in [1.54, 1.807) is 25.6 Å². The van der Waals surface area contributed by atoms with Gasteiger partial charge in [-0.2, -0.15) is 5.10 Å². The molecule has 0 fully saturated rings. The van der Waals surface area contributed by atoms with Crippen molar-refractivity contribution in [2.45, 2.75) is 20.3 Å². The summed E-state index contributed by atoms with van der Waals surface area (Å²) in [5.74, 6) is -1.13. The van der Waals surface area contributed by atoms with E-state index in [0.29, 0.717) is 18.5 Å². The van der Waals surface area contributed by atoms with Crippen LogP contribution in [0.4, 0.5) is 0 Å². The molecule has 2 aromatic rings. The molecule has 0 radical (unpaired) electrons. The predicted molar refractivity (Wildman–Crippen MR) is 87.0 cm³/mol. The molecule has 1 heterocycles. The summed E-state index contributed by atoms with van der Waals surface area (Å²) in [5, 5.41) is 16.0. The van der Waals surface area contributed by atoms with Gasteiger partial charge >= 0.3 is 5.97 Å². The topological polar surface area (TPSA) is 84.2 Å². The number of hydrogen-bond acceptors (Lipinski definition) is 3. The minimum absolute atomic E-state index is 0.252. The van der Waals surface area contributed by atoms with Crippen LogP contribution in [0.3, 0.4) is 0 Å². The highest BCUT2D eigenvalue weighted by molar-refractivity contribution is 5.99. The molecule has 1 amide bonds. The normalized spacial score (nSPS) is 11.3. The molecule has 6 heteroatoms. The second-order valence-corrected chi connectivity index (χ2v) is 6.09. The number of aromatic nitrogens is 2. The fraction of sp³-hybridized carbons (Fsp3) is 0.353. The summed E-state index contributed by atoms with van der Waals surface area (Å²) in [5.41, 5.74) is 1.25. The Morgan fingerprint density at radius 2 is 1.91 bits per heavy atom. The van der Waals surface area contributed by atoms with Gasteiger partial charge in [0, 0.05) is 19.2 Å². The van der Waals surface area contributed by atoms with Gasteiger partial charge in [0.1, 0.15) is 0 Å². The number of aliphatic carboxylic acids is 1. The molecule has 1 aromatic carbocycles. The van der Waals surface area contributed by atoms with Gasteiger partial charge in [-0.25, -0.2) is 0 Å². The molecule has 0 unspecified atom stereocenters. The molecule has 0 saturated heterocycles. The average Bonchev–Trinajstić information content (AvgIpc) is 2.89. The summed E-state index contributed by atoms with van der Waals surface area (Å²) >= 11 is 0. The monoisotopic (exact) mass is 315 g/mol. The lowest BCUT2D eigenvalue weighted by atomic mass is 9.89. The maximum absolute atomic E-state index is 12.4. The van der Waals surface area contributed by atoms with Crippen LogP contribution in [0.15, 0.2) is 36.5 Å². The number of hydrogen-bond donors (Lipinski definition) is 2. The molecule has 0 atom stereocenters. The zero-order chi connectivity index (χ0) is 17.0. The number of benzene rings is 1. The van der Waals surface area contributed by atoms with Crippen LogP contribution >= 0.6 is 0 Å². The Bertz CT molecular complexity index is 705. The summed E-state index contributed by atoms with van der Waals surface area (Å²) in [7, 11) is 1.78. The summed E-state index contributed by atoms with van der Waals surface area (Å²) < 4.78 is 1.66. The molecule has 2 N–H and O–H groups in total. The second-order valence-electron chi connectivity index (χ2n) is 6.09. The van der Waals surface area contributed by atoms with Gasteiger partial charge < -0.3 is 10.4 Å². The number of carbonyl (C=O) groups is 2. The second kappa shape index (κ2) is 6.64. The third-order valence-electron chi connectivity index (χ3n) is 3.85. The van der Waals surface area contributed by atoms with Crippen molar-refractivity contribution in [2.24, 2.45) is 12.5 Å². The Labute approximate surface area is 135 Å². The number of carboxylic acid groups (broad SMARTS) is 1. The quantitative estimate of drug-likeness (QED) is 0.857. The Morgan fingerprint density at radius 1 is 1.26 bits per heavy atom. The van der Waals surface area contributed by atoms with E-state index in [9.17, 15) is 9.59 Å². The van der Waals surface area contributed by atoms with Crippen LogP contribution in [0.25, 0.3) is 11.3 Å². The third kappa shape index (κ3) is 3.77. The van der Waals surface area contributed by atoms with Gasteiger partial charge in [0.2, 0.25) is 0 Å². The van der Waals surface area contributed by atoms with Crippen LogP contribution in [0, 0.1) is 5.41 Å². The number of carboxylic acids is 1. The first-order valence-corrected chi connectivity index (χ1v) is 7.42. The fourth-order valence-corrected chi connectivity index (χ4v) is 2.23. The highest BCUT2D eigenvalue weighted by Crippen LogP contribution is 2.23. The van der Waals surface area contributed by atoms with Gasteiger partial charge in [0.25, 0.3) is 5.91 Å². The molecule has 1 aromatic heterocycles. The molecule has 0 aliphatic heterocycles. The van der Waals surface area contributed by atoms with Gasteiger partial charge in [-0.15, -0.1) is 0 Å². The average molecular weight is 315 g/mol. The van der Waals surface area contributed by atoms with E-state index in [0.717, 1.165) is 11.3 Å². The number of carbonyl (C=O) groups excluding carboxylic acids is 1. The largest absolute Gasteiger partial charge is 0.481 e. The van der Waals surface area contributed by atoms with Crippen LogP contribution in [0.1, 0.15) is 30.6 Å². The van der Waals surface area contributed by atoms with Crippen LogP contribution in [0.2, 0.25) is 0 Å². The summed E-state index contributed by atoms with van der Waals surface area (Å²) in [6.45, 7) is 3.57. The summed E-state index contributed by atoms with van der Waals surface area (Å²) in [6.07, 6.45) is 1.88. The van der Waals surface area contributed by atoms with Crippen LogP contribution in [-0.2, 0) is 11.8 Å². The lowest BCUT2D eigenvalue weighted by Gasteiger charge is -2.18. The molecule has 0 bridgehead atoms. The smallest absolute Gasteiger partial charge is 0.309 e. The lowest BCUT2D eigenvalue weighted by Crippen LogP contribution is -2.32. The number of nitrogens with zero attached hydrogens (tertiary/aromatic N) is 2. The minimum atomic E-state index is -0.877. The van der Waals surface area contributed by atoms with Crippen molar-refractivity contribution in [3.05, 3.63) is 42.1 Å². The number of rotatable bonds is 6. The summed E-state index contributed by atoms with van der Waals surface area (Å²) in [4.78, 5) is 23.5. The molecule has 0 spiro atoms. The van der Waals surface area contributed by atoms with Crippen molar-refractivity contribution in [1.29, 1.82) is 0 Å². The zero-order valence-corrected chi connectivity index (χ0v) is 13.5. The van der Waals surface area contributed by atoms with Crippen molar-refractivity contribution < 1.29 is 14.7 Å². The maximum atomic E-state index is 12.4. The Kier molecular flexibility index (Phi) is 4.83. The minimum Gasteiger partial charge on any atom is -0.481 e. The number of aryl methyl sites for hydroxylation is 1. The maximum Gasteiger partial charge on any atom is 0.309 e. The van der Waals surface area contributed by atoms with Gasteiger partial charge in [-0.1, -0.05) is 30.3 Å². The third-order valence-corrected chi connectivity index (χ3v) is 3.85. The molecule has 0 saturated carbocycles. The lowest BCUT2D eigenvalue weighted by molar-refractivity contribution is -0.147. The van der Waals surface area contributed by atoms with Crippen molar-refractivity contribution in [2.75, 3.05) is 6.54 Å². The van der Waals surface area contributed by atoms with Gasteiger partial charge in [-0.3, -0.25) is 14.3 Å². The van der Waals surface area contributed by atoms with Crippen molar-refractivity contribution in [1.82, 2.24) is 15.1 Å². The van der Waals surface area contributed by atoms with Gasteiger partial charge in [-0.05, 0) is 20.3 Å². The standard InChI is InChI=1S/C17H21N3O3/c1-17(2,16(22)23)9-10-18-15(21)13-11-19-20(3)14(13)12-7-5-4-6-8-12/h4-8,11H,9-10H2,1-3H3,(H,18,21)(H,22,23). The molecule has 0 aliphatic rings. The Balaban J connectivity index is 2.11. The predicted octanol–water partition coefficient (Wildman–Crippen LogP) is 2.32. The molecule has 23 heavy (non-hydrogen) atoms. The van der Waals surface area contributed by atoms with Crippen LogP contribution < -0.4 is 5.32 Å². The molecular formula is C17H21N3O3.